The van der Waals surface area contributed by atoms with Gasteiger partial charge in [0.25, 0.3) is 0 Å². The van der Waals surface area contributed by atoms with E-state index in [9.17, 15) is 0 Å². The Balaban J connectivity index is 1.81. The summed E-state index contributed by atoms with van der Waals surface area (Å²) < 4.78 is 5.42. The number of hydrogen-bond donors (Lipinski definition) is 1. The number of hydrogen-bond acceptors (Lipinski definition) is 2. The molecule has 1 aliphatic rings. The highest BCUT2D eigenvalue weighted by Gasteiger charge is 2.12. The van der Waals surface area contributed by atoms with Crippen LogP contribution in [-0.2, 0) is 4.74 Å². The molecular weight excluding hydrogens is 150 g/mol. The van der Waals surface area contributed by atoms with Crippen LogP contribution in [0, 0.1) is 5.92 Å². The number of ether oxygens (including phenoxy) is 1. The van der Waals surface area contributed by atoms with Gasteiger partial charge in [-0.3, -0.25) is 0 Å². The second-order valence-corrected chi connectivity index (χ2v) is 3.61. The van der Waals surface area contributed by atoms with E-state index in [0.29, 0.717) is 0 Å². The molecule has 2 heteroatoms. The molecule has 1 fully saturated rings. The van der Waals surface area contributed by atoms with Gasteiger partial charge >= 0.3 is 0 Å². The molecule has 0 aromatic rings. The second kappa shape index (κ2) is 6.44. The summed E-state index contributed by atoms with van der Waals surface area (Å²) in [5, 5.41) is 3.38. The summed E-state index contributed by atoms with van der Waals surface area (Å²) in [6, 6.07) is 0. The highest BCUT2D eigenvalue weighted by Crippen LogP contribution is 2.13. The fraction of sp³-hybridized carbons (Fsp3) is 1.00. The number of rotatable bonds is 6. The van der Waals surface area contributed by atoms with Crippen LogP contribution in [0.1, 0.15) is 32.6 Å². The first kappa shape index (κ1) is 10.0. The van der Waals surface area contributed by atoms with Crippen LogP contribution in [0.25, 0.3) is 0 Å². The van der Waals surface area contributed by atoms with E-state index >= 15 is 0 Å². The summed E-state index contributed by atoms with van der Waals surface area (Å²) in [6.45, 7) is 6.50. The maximum Gasteiger partial charge on any atom is 0.0466 e. The van der Waals surface area contributed by atoms with E-state index < -0.39 is 0 Å². The molecule has 0 aromatic heterocycles. The van der Waals surface area contributed by atoms with E-state index in [1.54, 1.807) is 0 Å². The lowest BCUT2D eigenvalue weighted by molar-refractivity contribution is 0.128. The van der Waals surface area contributed by atoms with Crippen molar-refractivity contribution in [2.24, 2.45) is 5.92 Å². The summed E-state index contributed by atoms with van der Waals surface area (Å²) in [6.07, 6.45) is 5.10. The van der Waals surface area contributed by atoms with Crippen molar-refractivity contribution < 1.29 is 4.74 Å². The van der Waals surface area contributed by atoms with Crippen LogP contribution in [0.3, 0.4) is 0 Å². The summed E-state index contributed by atoms with van der Waals surface area (Å²) >= 11 is 0. The van der Waals surface area contributed by atoms with Crippen LogP contribution < -0.4 is 5.32 Å². The quantitative estimate of drug-likeness (QED) is 0.615. The van der Waals surface area contributed by atoms with Gasteiger partial charge in [-0.25, -0.2) is 0 Å². The zero-order valence-electron chi connectivity index (χ0n) is 8.14. The smallest absolute Gasteiger partial charge is 0.0466 e. The number of nitrogens with one attached hydrogen (secondary N) is 1. The van der Waals surface area contributed by atoms with Crippen molar-refractivity contribution in [3.63, 3.8) is 0 Å². The fourth-order valence-corrected chi connectivity index (χ4v) is 1.68. The lowest BCUT2D eigenvalue weighted by atomic mass is 10.0. The van der Waals surface area contributed by atoms with Crippen LogP contribution in [-0.4, -0.2) is 26.3 Å². The SMILES string of the molecule is CCCOCCCC1CCNC1. The van der Waals surface area contributed by atoms with Gasteiger partial charge in [-0.15, -0.1) is 0 Å². The molecule has 0 saturated carbocycles. The molecule has 0 spiro atoms. The molecule has 1 N–H and O–H groups in total. The largest absolute Gasteiger partial charge is 0.381 e. The Morgan fingerprint density at radius 1 is 1.42 bits per heavy atom. The van der Waals surface area contributed by atoms with Gasteiger partial charge in [0.2, 0.25) is 0 Å². The zero-order valence-corrected chi connectivity index (χ0v) is 8.14. The lowest BCUT2D eigenvalue weighted by Gasteiger charge is -2.07. The minimum atomic E-state index is 0.926. The first-order chi connectivity index (χ1) is 5.93. The Hall–Kier alpha value is -0.0800. The average molecular weight is 171 g/mol. The van der Waals surface area contributed by atoms with E-state index in [-0.39, 0.29) is 0 Å². The van der Waals surface area contributed by atoms with Gasteiger partial charge in [0.1, 0.15) is 0 Å². The molecule has 2 nitrogen and oxygen atoms in total. The van der Waals surface area contributed by atoms with Gasteiger partial charge in [-0.1, -0.05) is 6.92 Å². The average Bonchev–Trinajstić information content (AvgIpc) is 2.57. The summed E-state index contributed by atoms with van der Waals surface area (Å²) in [5.74, 6) is 0.926. The van der Waals surface area contributed by atoms with Gasteiger partial charge in [0.15, 0.2) is 0 Å². The van der Waals surface area contributed by atoms with Crippen molar-refractivity contribution in [1.82, 2.24) is 5.32 Å². The third-order valence-electron chi connectivity index (χ3n) is 2.41. The van der Waals surface area contributed by atoms with Crippen LogP contribution in [0.4, 0.5) is 0 Å². The Bertz CT molecular complexity index is 100. The fourth-order valence-electron chi connectivity index (χ4n) is 1.68. The molecule has 0 amide bonds. The van der Waals surface area contributed by atoms with Gasteiger partial charge in [0, 0.05) is 13.2 Å². The standard InChI is InChI=1S/C10H21NO/c1-2-7-12-8-3-4-10-5-6-11-9-10/h10-11H,2-9H2,1H3. The van der Waals surface area contributed by atoms with Gasteiger partial charge in [-0.05, 0) is 44.7 Å². The minimum absolute atomic E-state index is 0.926. The Morgan fingerprint density at radius 3 is 3.00 bits per heavy atom. The van der Waals surface area contributed by atoms with E-state index in [1.807, 2.05) is 0 Å². The van der Waals surface area contributed by atoms with Crippen molar-refractivity contribution >= 4 is 0 Å². The van der Waals surface area contributed by atoms with Crippen molar-refractivity contribution in [3.8, 4) is 0 Å². The third-order valence-corrected chi connectivity index (χ3v) is 2.41. The van der Waals surface area contributed by atoms with Gasteiger partial charge < -0.3 is 10.1 Å². The molecule has 1 rings (SSSR count). The second-order valence-electron chi connectivity index (χ2n) is 3.61. The normalized spacial score (nSPS) is 23.2. The topological polar surface area (TPSA) is 21.3 Å². The predicted octanol–water partition coefficient (Wildman–Crippen LogP) is 1.80. The van der Waals surface area contributed by atoms with E-state index in [1.165, 1.54) is 32.4 Å². The molecule has 1 heterocycles. The molecule has 12 heavy (non-hydrogen) atoms. The first-order valence-corrected chi connectivity index (χ1v) is 5.22. The van der Waals surface area contributed by atoms with Crippen molar-refractivity contribution in [1.29, 1.82) is 0 Å². The summed E-state index contributed by atoms with van der Waals surface area (Å²) in [5.41, 5.74) is 0. The van der Waals surface area contributed by atoms with E-state index in [4.69, 9.17) is 4.74 Å². The lowest BCUT2D eigenvalue weighted by Crippen LogP contribution is -2.09. The first-order valence-electron chi connectivity index (χ1n) is 5.22. The van der Waals surface area contributed by atoms with E-state index in [2.05, 4.69) is 12.2 Å². The molecular formula is C10H21NO. The highest BCUT2D eigenvalue weighted by molar-refractivity contribution is 4.70. The zero-order chi connectivity index (χ0) is 8.65. The predicted molar refractivity (Wildman–Crippen MR) is 51.3 cm³/mol. The van der Waals surface area contributed by atoms with E-state index in [0.717, 1.165) is 25.6 Å². The summed E-state index contributed by atoms with van der Waals surface area (Å²) in [4.78, 5) is 0. The Morgan fingerprint density at radius 2 is 2.33 bits per heavy atom. The Labute approximate surface area is 75.7 Å². The maximum absolute atomic E-state index is 5.42. The molecule has 0 radical (unpaired) electrons. The van der Waals surface area contributed by atoms with Gasteiger partial charge in [-0.2, -0.15) is 0 Å². The summed E-state index contributed by atoms with van der Waals surface area (Å²) in [7, 11) is 0. The molecule has 1 aliphatic heterocycles. The molecule has 1 unspecified atom stereocenters. The van der Waals surface area contributed by atoms with Crippen LogP contribution in [0.15, 0.2) is 0 Å². The molecule has 0 aromatic carbocycles. The van der Waals surface area contributed by atoms with Crippen LogP contribution >= 0.6 is 0 Å². The van der Waals surface area contributed by atoms with Crippen LogP contribution in [0.5, 0.6) is 0 Å². The molecule has 1 saturated heterocycles. The third kappa shape index (κ3) is 4.07. The molecule has 1 atom stereocenters. The monoisotopic (exact) mass is 171 g/mol. The maximum atomic E-state index is 5.42. The highest BCUT2D eigenvalue weighted by atomic mass is 16.5. The van der Waals surface area contributed by atoms with Gasteiger partial charge in [0.05, 0.1) is 0 Å². The Kier molecular flexibility index (Phi) is 5.37. The molecule has 0 bridgehead atoms. The molecule has 0 aliphatic carbocycles. The van der Waals surface area contributed by atoms with Crippen LogP contribution in [0.2, 0.25) is 0 Å². The van der Waals surface area contributed by atoms with Crippen molar-refractivity contribution in [2.75, 3.05) is 26.3 Å². The minimum Gasteiger partial charge on any atom is -0.381 e. The van der Waals surface area contributed by atoms with Crippen molar-refractivity contribution in [3.05, 3.63) is 0 Å². The molecule has 72 valence electrons. The van der Waals surface area contributed by atoms with Crippen molar-refractivity contribution in [2.45, 2.75) is 32.6 Å².